The van der Waals surface area contributed by atoms with Crippen LogP contribution in [0.1, 0.15) is 44.7 Å². The normalized spacial score (nSPS) is 24.6. The minimum atomic E-state index is -1.32. The molecule has 1 saturated heterocycles. The van der Waals surface area contributed by atoms with Crippen molar-refractivity contribution in [1.29, 1.82) is 5.26 Å². The van der Waals surface area contributed by atoms with E-state index in [1.165, 1.54) is 13.8 Å². The van der Waals surface area contributed by atoms with Crippen LogP contribution in [0.3, 0.4) is 0 Å². The molecule has 0 saturated carbocycles. The molecular formula is C32H32N2O9S. The Balaban J connectivity index is 1.80. The Morgan fingerprint density at radius 1 is 0.818 bits per heavy atom. The summed E-state index contributed by atoms with van der Waals surface area (Å²) in [6, 6.07) is 21.3. The molecule has 0 amide bonds. The van der Waals surface area contributed by atoms with Crippen molar-refractivity contribution in [3.05, 3.63) is 88.5 Å². The molecule has 0 bridgehead atoms. The molecule has 2 aliphatic heterocycles. The van der Waals surface area contributed by atoms with Crippen LogP contribution in [0.2, 0.25) is 0 Å². The average Bonchev–Trinajstić information content (AvgIpc) is 2.99. The lowest BCUT2D eigenvalue weighted by Crippen LogP contribution is -2.61. The lowest BCUT2D eigenvalue weighted by Gasteiger charge is -2.44. The van der Waals surface area contributed by atoms with E-state index in [1.807, 2.05) is 66.7 Å². The van der Waals surface area contributed by atoms with Crippen LogP contribution in [0.25, 0.3) is 5.70 Å². The van der Waals surface area contributed by atoms with Gasteiger partial charge in [0.15, 0.2) is 23.7 Å². The zero-order valence-electron chi connectivity index (χ0n) is 24.6. The molecule has 1 unspecified atom stereocenters. The van der Waals surface area contributed by atoms with E-state index >= 15 is 0 Å². The van der Waals surface area contributed by atoms with Crippen LogP contribution in [-0.4, -0.2) is 60.3 Å². The first-order chi connectivity index (χ1) is 21.1. The van der Waals surface area contributed by atoms with Crippen LogP contribution in [0.15, 0.2) is 77.3 Å². The maximum Gasteiger partial charge on any atom is 0.303 e. The van der Waals surface area contributed by atoms with Gasteiger partial charge in [0.2, 0.25) is 0 Å². The van der Waals surface area contributed by atoms with E-state index in [9.17, 15) is 24.4 Å². The molecule has 0 radical (unpaired) electrons. The first kappa shape index (κ1) is 32.3. The standard InChI is InChI=1S/C32H32N2O9S/c1-18(35)39-17-27-28(40-19(2)36)29(41-20(3)37)30(42-21(4)38)32(43-27)44-31-25(16-33)24(22-11-7-5-8-12-22)15-26(34-31)23-13-9-6-10-14-23/h5-15,24,27-30,32,34H,17H2,1-4H3/t24?,27-,28+,29+,30-,32+/m1/s1. The lowest BCUT2D eigenvalue weighted by molar-refractivity contribution is -0.237. The maximum absolute atomic E-state index is 12.3. The van der Waals surface area contributed by atoms with E-state index < -0.39 is 59.6 Å². The van der Waals surface area contributed by atoms with E-state index in [1.54, 1.807) is 0 Å². The molecule has 44 heavy (non-hydrogen) atoms. The summed E-state index contributed by atoms with van der Waals surface area (Å²) in [7, 11) is 0. The quantitative estimate of drug-likeness (QED) is 0.319. The van der Waals surface area contributed by atoms with Crippen molar-refractivity contribution in [2.24, 2.45) is 0 Å². The van der Waals surface area contributed by atoms with Gasteiger partial charge in [0, 0.05) is 39.3 Å². The monoisotopic (exact) mass is 620 g/mol. The second kappa shape index (κ2) is 14.7. The minimum absolute atomic E-state index is 0.353. The van der Waals surface area contributed by atoms with Crippen molar-refractivity contribution < 1.29 is 42.9 Å². The smallest absolute Gasteiger partial charge is 0.303 e. The third-order valence-corrected chi connectivity index (χ3v) is 7.85. The van der Waals surface area contributed by atoms with Gasteiger partial charge in [-0.05, 0) is 17.2 Å². The fourth-order valence-electron chi connectivity index (χ4n) is 4.94. The molecule has 1 N–H and O–H groups in total. The van der Waals surface area contributed by atoms with Crippen molar-refractivity contribution in [2.75, 3.05) is 6.61 Å². The number of rotatable bonds is 9. The SMILES string of the molecule is CC(=O)OC[C@H]1O[C@@H](SC2=C(C#N)C(c3ccccc3)C=C(c3ccccc3)N2)[C@H](OC(C)=O)[C@@H](OC(C)=O)[C@H]1OC(C)=O. The predicted octanol–water partition coefficient (Wildman–Crippen LogP) is 3.97. The van der Waals surface area contributed by atoms with E-state index in [2.05, 4.69) is 11.4 Å². The molecule has 6 atom stereocenters. The third kappa shape index (κ3) is 8.06. The van der Waals surface area contributed by atoms with Gasteiger partial charge in [-0.25, -0.2) is 0 Å². The molecule has 2 heterocycles. The number of nitriles is 1. The second-order valence-electron chi connectivity index (χ2n) is 10.00. The number of dihydropyridines is 1. The Hall–Kier alpha value is -4.60. The van der Waals surface area contributed by atoms with Crippen LogP contribution in [0, 0.1) is 11.3 Å². The first-order valence-corrected chi connectivity index (χ1v) is 14.7. The number of nitrogens with one attached hydrogen (secondary N) is 1. The highest BCUT2D eigenvalue weighted by Crippen LogP contribution is 2.43. The predicted molar refractivity (Wildman–Crippen MR) is 159 cm³/mol. The topological polar surface area (TPSA) is 150 Å². The number of benzene rings is 2. The van der Waals surface area contributed by atoms with Gasteiger partial charge in [-0.3, -0.25) is 19.2 Å². The number of allylic oxidation sites excluding steroid dienone is 2. The lowest BCUT2D eigenvalue weighted by atomic mass is 9.88. The molecule has 11 nitrogen and oxygen atoms in total. The summed E-state index contributed by atoms with van der Waals surface area (Å²) in [6.07, 6.45) is -3.04. The van der Waals surface area contributed by atoms with Gasteiger partial charge in [0.05, 0.1) is 16.7 Å². The number of hydrogen-bond donors (Lipinski definition) is 1. The van der Waals surface area contributed by atoms with E-state index in [0.717, 1.165) is 42.4 Å². The fraction of sp³-hybridized carbons (Fsp3) is 0.344. The molecule has 1 fully saturated rings. The van der Waals surface area contributed by atoms with Crippen LogP contribution >= 0.6 is 11.8 Å². The molecule has 4 rings (SSSR count). The number of carbonyl (C=O) groups is 4. The van der Waals surface area contributed by atoms with Crippen molar-refractivity contribution in [2.45, 2.75) is 63.5 Å². The van der Waals surface area contributed by atoms with Crippen molar-refractivity contribution in [3.63, 3.8) is 0 Å². The van der Waals surface area contributed by atoms with Gasteiger partial charge >= 0.3 is 23.9 Å². The molecule has 12 heteroatoms. The largest absolute Gasteiger partial charge is 0.463 e. The number of esters is 4. The van der Waals surface area contributed by atoms with Gasteiger partial charge in [-0.2, -0.15) is 5.26 Å². The Kier molecular flexibility index (Phi) is 10.8. The van der Waals surface area contributed by atoms with Gasteiger partial charge in [0.1, 0.15) is 12.7 Å². The molecule has 230 valence electrons. The van der Waals surface area contributed by atoms with Crippen LogP contribution in [0.5, 0.6) is 0 Å². The summed E-state index contributed by atoms with van der Waals surface area (Å²) in [5, 5.41) is 14.1. The van der Waals surface area contributed by atoms with Gasteiger partial charge < -0.3 is 29.0 Å². The zero-order valence-corrected chi connectivity index (χ0v) is 25.4. The summed E-state index contributed by atoms with van der Waals surface area (Å²) >= 11 is 1.04. The average molecular weight is 621 g/mol. The number of carbonyl (C=O) groups excluding carboxylic acids is 4. The summed E-state index contributed by atoms with van der Waals surface area (Å²) in [4.78, 5) is 48.3. The molecule has 0 spiro atoms. The highest BCUT2D eigenvalue weighted by Gasteiger charge is 2.53. The summed E-state index contributed by atoms with van der Waals surface area (Å²) < 4.78 is 28.1. The molecule has 2 aliphatic rings. The molecule has 0 aromatic heterocycles. The summed E-state index contributed by atoms with van der Waals surface area (Å²) in [6.45, 7) is 4.35. The van der Waals surface area contributed by atoms with Gasteiger partial charge in [0.25, 0.3) is 0 Å². The Morgan fingerprint density at radius 2 is 1.39 bits per heavy atom. The van der Waals surface area contributed by atoms with Crippen molar-refractivity contribution in [1.82, 2.24) is 5.32 Å². The highest BCUT2D eigenvalue weighted by molar-refractivity contribution is 8.03. The number of nitrogens with zero attached hydrogens (tertiary/aromatic N) is 1. The van der Waals surface area contributed by atoms with Crippen LogP contribution in [-0.2, 0) is 42.9 Å². The third-order valence-electron chi connectivity index (χ3n) is 6.68. The van der Waals surface area contributed by atoms with E-state index in [-0.39, 0.29) is 6.61 Å². The van der Waals surface area contributed by atoms with Crippen molar-refractivity contribution >= 4 is 41.3 Å². The minimum Gasteiger partial charge on any atom is -0.463 e. The van der Waals surface area contributed by atoms with Crippen molar-refractivity contribution in [3.8, 4) is 6.07 Å². The summed E-state index contributed by atoms with van der Waals surface area (Å²) in [5.41, 5.74) is 1.73. The van der Waals surface area contributed by atoms with Crippen LogP contribution < -0.4 is 5.32 Å². The molecule has 2 aromatic rings. The number of ether oxygens (including phenoxy) is 5. The zero-order chi connectivity index (χ0) is 31.8. The Labute approximate surface area is 259 Å². The fourth-order valence-corrected chi connectivity index (χ4v) is 6.19. The highest BCUT2D eigenvalue weighted by atomic mass is 32.2. The maximum atomic E-state index is 12.3. The van der Waals surface area contributed by atoms with Gasteiger partial charge in [-0.1, -0.05) is 72.4 Å². The van der Waals surface area contributed by atoms with Gasteiger partial charge in [-0.15, -0.1) is 0 Å². The number of thioether (sulfide) groups is 1. The first-order valence-electron chi connectivity index (χ1n) is 13.8. The number of hydrogen-bond acceptors (Lipinski definition) is 12. The summed E-state index contributed by atoms with van der Waals surface area (Å²) in [5.74, 6) is -3.21. The molecule has 2 aromatic carbocycles. The second-order valence-corrected chi connectivity index (χ2v) is 11.1. The molecule has 0 aliphatic carbocycles. The molecular weight excluding hydrogens is 588 g/mol. The van der Waals surface area contributed by atoms with Crippen LogP contribution in [0.4, 0.5) is 0 Å². The van der Waals surface area contributed by atoms with E-state index in [0.29, 0.717) is 10.6 Å². The Bertz CT molecular complexity index is 1490. The van der Waals surface area contributed by atoms with E-state index in [4.69, 9.17) is 23.7 Å². The Morgan fingerprint density at radius 3 is 1.95 bits per heavy atom.